The maximum Gasteiger partial charge on any atom is 0.126 e. The van der Waals surface area contributed by atoms with Crippen molar-refractivity contribution in [2.45, 2.75) is 19.4 Å². The summed E-state index contributed by atoms with van der Waals surface area (Å²) in [5.74, 6) is 1.81. The molecule has 0 spiro atoms. The molecule has 4 heteroatoms. The lowest BCUT2D eigenvalue weighted by Crippen LogP contribution is -2.43. The lowest BCUT2D eigenvalue weighted by molar-refractivity contribution is -0.0243. The van der Waals surface area contributed by atoms with Gasteiger partial charge in [0.25, 0.3) is 0 Å². The summed E-state index contributed by atoms with van der Waals surface area (Å²) < 4.78 is 16.6. The molecule has 4 nitrogen and oxygen atoms in total. The van der Waals surface area contributed by atoms with Gasteiger partial charge in [0.05, 0.1) is 26.1 Å². The summed E-state index contributed by atoms with van der Waals surface area (Å²) in [4.78, 5) is 2.45. The Morgan fingerprint density at radius 1 is 1.33 bits per heavy atom. The molecule has 1 aliphatic rings. The van der Waals surface area contributed by atoms with Crippen molar-refractivity contribution in [3.63, 3.8) is 0 Å². The molecule has 0 aliphatic carbocycles. The van der Waals surface area contributed by atoms with Crippen LogP contribution in [0.3, 0.4) is 0 Å². The van der Waals surface area contributed by atoms with Crippen molar-refractivity contribution in [1.29, 1.82) is 0 Å². The minimum absolute atomic E-state index is 0.224. The molecule has 0 amide bonds. The van der Waals surface area contributed by atoms with Gasteiger partial charge in [0.1, 0.15) is 11.5 Å². The summed E-state index contributed by atoms with van der Waals surface area (Å²) in [6.07, 6.45) is 4.95. The van der Waals surface area contributed by atoms with E-state index in [-0.39, 0.29) is 6.10 Å². The van der Waals surface area contributed by atoms with Crippen LogP contribution in [0.25, 0.3) is 6.08 Å². The predicted molar refractivity (Wildman–Crippen MR) is 95.2 cm³/mol. The van der Waals surface area contributed by atoms with Crippen LogP contribution in [-0.4, -0.2) is 44.4 Å². The first kappa shape index (κ1) is 16.8. The molecule has 1 aliphatic heterocycles. The second kappa shape index (κ2) is 8.18. The van der Waals surface area contributed by atoms with Gasteiger partial charge >= 0.3 is 0 Å². The van der Waals surface area contributed by atoms with Crippen molar-refractivity contribution in [2.24, 2.45) is 0 Å². The number of morpholine rings is 1. The average Bonchev–Trinajstić information content (AvgIpc) is 3.08. The molecule has 0 N–H and O–H groups in total. The van der Waals surface area contributed by atoms with Crippen molar-refractivity contribution >= 4 is 6.08 Å². The number of hydrogen-bond acceptors (Lipinski definition) is 4. The monoisotopic (exact) mass is 327 g/mol. The predicted octanol–water partition coefficient (Wildman–Crippen LogP) is 3.64. The van der Waals surface area contributed by atoms with Crippen LogP contribution in [0.4, 0.5) is 0 Å². The molecule has 1 aromatic heterocycles. The van der Waals surface area contributed by atoms with E-state index in [0.717, 1.165) is 44.2 Å². The van der Waals surface area contributed by atoms with Gasteiger partial charge in [-0.2, -0.15) is 0 Å². The first-order valence-corrected chi connectivity index (χ1v) is 8.40. The van der Waals surface area contributed by atoms with Gasteiger partial charge in [-0.1, -0.05) is 17.7 Å². The summed E-state index contributed by atoms with van der Waals surface area (Å²) in [6.45, 7) is 5.79. The van der Waals surface area contributed by atoms with Crippen molar-refractivity contribution in [3.05, 3.63) is 59.6 Å². The Morgan fingerprint density at radius 2 is 2.25 bits per heavy atom. The highest BCUT2D eigenvalue weighted by molar-refractivity contribution is 5.46. The molecular formula is C20H25NO3. The molecule has 3 rings (SSSR count). The van der Waals surface area contributed by atoms with Gasteiger partial charge in [0, 0.05) is 26.1 Å². The molecule has 2 aromatic rings. The summed E-state index contributed by atoms with van der Waals surface area (Å²) in [7, 11) is 1.70. The van der Waals surface area contributed by atoms with E-state index in [1.54, 1.807) is 13.4 Å². The molecule has 1 aromatic carbocycles. The SMILES string of the molecule is COc1cccc(C[C@H]2CN(C/C(C)=C/c3ccco3)CCO2)c1. The van der Waals surface area contributed by atoms with Crippen molar-refractivity contribution in [1.82, 2.24) is 4.90 Å². The lowest BCUT2D eigenvalue weighted by Gasteiger charge is -2.33. The highest BCUT2D eigenvalue weighted by Gasteiger charge is 2.21. The molecule has 1 atom stereocenters. The minimum atomic E-state index is 0.224. The van der Waals surface area contributed by atoms with Gasteiger partial charge in [0.2, 0.25) is 0 Å². The first-order valence-electron chi connectivity index (χ1n) is 8.40. The van der Waals surface area contributed by atoms with Crippen molar-refractivity contribution in [2.75, 3.05) is 33.4 Å². The van der Waals surface area contributed by atoms with Crippen LogP contribution in [0.5, 0.6) is 5.75 Å². The standard InChI is InChI=1S/C20H25NO3/c1-16(11-19-7-4-9-23-19)14-21-8-10-24-20(15-21)13-17-5-3-6-18(12-17)22-2/h3-7,9,11-12,20H,8,10,13-15H2,1-2H3/b16-11+/t20-/m0/s1. The van der Waals surface area contributed by atoms with Gasteiger partial charge in [-0.05, 0) is 42.8 Å². The molecule has 0 unspecified atom stereocenters. The number of benzene rings is 1. The Balaban J connectivity index is 1.56. The fraction of sp³-hybridized carbons (Fsp3) is 0.400. The third-order valence-corrected chi connectivity index (χ3v) is 4.23. The normalized spacial score (nSPS) is 19.4. The van der Waals surface area contributed by atoms with Crippen LogP contribution in [0, 0.1) is 0 Å². The summed E-state index contributed by atoms with van der Waals surface area (Å²) in [6, 6.07) is 12.1. The Hall–Kier alpha value is -2.04. The molecule has 0 bridgehead atoms. The Morgan fingerprint density at radius 3 is 3.04 bits per heavy atom. The van der Waals surface area contributed by atoms with Crippen LogP contribution in [0.1, 0.15) is 18.2 Å². The Labute approximate surface area is 143 Å². The van der Waals surface area contributed by atoms with Crippen LogP contribution in [0.2, 0.25) is 0 Å². The van der Waals surface area contributed by atoms with Crippen LogP contribution in [-0.2, 0) is 11.2 Å². The maximum atomic E-state index is 5.95. The number of hydrogen-bond donors (Lipinski definition) is 0. The number of ether oxygens (including phenoxy) is 2. The highest BCUT2D eigenvalue weighted by Crippen LogP contribution is 2.18. The molecule has 0 radical (unpaired) electrons. The first-order chi connectivity index (χ1) is 11.7. The second-order valence-corrected chi connectivity index (χ2v) is 6.29. The molecule has 1 saturated heterocycles. The third-order valence-electron chi connectivity index (χ3n) is 4.23. The molecular weight excluding hydrogens is 302 g/mol. The Kier molecular flexibility index (Phi) is 5.72. The largest absolute Gasteiger partial charge is 0.497 e. The van der Waals surface area contributed by atoms with Gasteiger partial charge in [0.15, 0.2) is 0 Å². The van der Waals surface area contributed by atoms with Crippen molar-refractivity contribution in [3.8, 4) is 5.75 Å². The van der Waals surface area contributed by atoms with E-state index < -0.39 is 0 Å². The van der Waals surface area contributed by atoms with E-state index in [1.165, 1.54) is 11.1 Å². The fourth-order valence-electron chi connectivity index (χ4n) is 3.12. The molecule has 2 heterocycles. The van der Waals surface area contributed by atoms with Crippen LogP contribution in [0.15, 0.2) is 52.7 Å². The van der Waals surface area contributed by atoms with E-state index in [0.29, 0.717) is 0 Å². The summed E-state index contributed by atoms with van der Waals surface area (Å²) in [5.41, 5.74) is 2.55. The molecule has 128 valence electrons. The Bertz CT molecular complexity index is 663. The van der Waals surface area contributed by atoms with Gasteiger partial charge in [-0.25, -0.2) is 0 Å². The summed E-state index contributed by atoms with van der Waals surface area (Å²) in [5, 5.41) is 0. The highest BCUT2D eigenvalue weighted by atomic mass is 16.5. The van der Waals surface area contributed by atoms with Gasteiger partial charge in [-0.3, -0.25) is 4.90 Å². The quantitative estimate of drug-likeness (QED) is 0.811. The number of furan rings is 1. The lowest BCUT2D eigenvalue weighted by atomic mass is 10.1. The number of rotatable bonds is 6. The van der Waals surface area contributed by atoms with Crippen LogP contribution < -0.4 is 4.74 Å². The molecule has 1 fully saturated rings. The molecule has 24 heavy (non-hydrogen) atoms. The van der Waals surface area contributed by atoms with Gasteiger partial charge in [-0.15, -0.1) is 0 Å². The van der Waals surface area contributed by atoms with E-state index >= 15 is 0 Å². The number of methoxy groups -OCH3 is 1. The average molecular weight is 327 g/mol. The zero-order valence-corrected chi connectivity index (χ0v) is 14.4. The second-order valence-electron chi connectivity index (χ2n) is 6.29. The molecule has 0 saturated carbocycles. The van der Waals surface area contributed by atoms with Gasteiger partial charge < -0.3 is 13.9 Å². The smallest absolute Gasteiger partial charge is 0.126 e. The summed E-state index contributed by atoms with van der Waals surface area (Å²) >= 11 is 0. The van der Waals surface area contributed by atoms with E-state index in [4.69, 9.17) is 13.9 Å². The number of nitrogens with zero attached hydrogens (tertiary/aromatic N) is 1. The topological polar surface area (TPSA) is 34.8 Å². The zero-order chi connectivity index (χ0) is 16.8. The maximum absolute atomic E-state index is 5.95. The van der Waals surface area contributed by atoms with E-state index in [2.05, 4.69) is 30.0 Å². The minimum Gasteiger partial charge on any atom is -0.497 e. The fourth-order valence-corrected chi connectivity index (χ4v) is 3.12. The van der Waals surface area contributed by atoms with Crippen molar-refractivity contribution < 1.29 is 13.9 Å². The zero-order valence-electron chi connectivity index (χ0n) is 14.4. The van der Waals surface area contributed by atoms with E-state index in [9.17, 15) is 0 Å². The van der Waals surface area contributed by atoms with Crippen LogP contribution >= 0.6 is 0 Å². The third kappa shape index (κ3) is 4.73. The van der Waals surface area contributed by atoms with E-state index in [1.807, 2.05) is 24.3 Å².